The zero-order valence-electron chi connectivity index (χ0n) is 14.2. The zero-order valence-corrected chi connectivity index (χ0v) is 14.2. The molecule has 6 nitrogen and oxygen atoms in total. The van der Waals surface area contributed by atoms with Crippen molar-refractivity contribution in [3.05, 3.63) is 30.1 Å². The number of nitrogens with zero attached hydrogens (tertiary/aromatic N) is 4. The van der Waals surface area contributed by atoms with Crippen LogP contribution in [0.2, 0.25) is 0 Å². The summed E-state index contributed by atoms with van der Waals surface area (Å²) >= 11 is 0. The van der Waals surface area contributed by atoms with Crippen LogP contribution in [-0.4, -0.2) is 93.5 Å². The van der Waals surface area contributed by atoms with E-state index in [0.29, 0.717) is 6.04 Å². The van der Waals surface area contributed by atoms with Crippen molar-refractivity contribution in [3.8, 4) is 0 Å². The van der Waals surface area contributed by atoms with Gasteiger partial charge in [-0.2, -0.15) is 0 Å². The molecule has 0 amide bonds. The van der Waals surface area contributed by atoms with Crippen LogP contribution in [0.25, 0.3) is 0 Å². The number of likely N-dealkylation sites (tertiary alicyclic amines) is 1. The Hall–Kier alpha value is -1.05. The van der Waals surface area contributed by atoms with Gasteiger partial charge in [0.15, 0.2) is 0 Å². The Kier molecular flexibility index (Phi) is 4.58. The Bertz CT molecular complexity index is 549. The minimum absolute atomic E-state index is 0.179. The molecule has 0 bridgehead atoms. The first-order chi connectivity index (χ1) is 11.7. The van der Waals surface area contributed by atoms with Crippen molar-refractivity contribution in [3.63, 3.8) is 0 Å². The average molecular weight is 332 g/mol. The van der Waals surface area contributed by atoms with Crippen LogP contribution in [-0.2, 0) is 6.54 Å². The van der Waals surface area contributed by atoms with E-state index in [0.717, 1.165) is 58.7 Å². The third-order valence-electron chi connectivity index (χ3n) is 5.79. The van der Waals surface area contributed by atoms with Crippen LogP contribution in [0.3, 0.4) is 0 Å². The van der Waals surface area contributed by atoms with E-state index in [1.165, 1.54) is 5.56 Å². The van der Waals surface area contributed by atoms with E-state index < -0.39 is 0 Å². The number of aromatic nitrogens is 1. The number of β-amino-alcohol motifs (C(OH)–C–C–N with tert-alkyl or cyclic N) is 1. The molecule has 3 fully saturated rings. The largest absolute Gasteiger partial charge is 0.396 e. The summed E-state index contributed by atoms with van der Waals surface area (Å²) in [4.78, 5) is 11.8. The van der Waals surface area contributed by atoms with Gasteiger partial charge in [-0.15, -0.1) is 0 Å². The monoisotopic (exact) mass is 332 g/mol. The molecular formula is C18H28N4O2. The van der Waals surface area contributed by atoms with Gasteiger partial charge in [-0.1, -0.05) is 6.07 Å². The molecule has 0 aromatic carbocycles. The van der Waals surface area contributed by atoms with Crippen molar-refractivity contribution >= 4 is 0 Å². The van der Waals surface area contributed by atoms with Gasteiger partial charge in [0.05, 0.1) is 11.6 Å². The molecule has 0 unspecified atom stereocenters. The summed E-state index contributed by atoms with van der Waals surface area (Å²) in [5.74, 6) is 0. The predicted molar refractivity (Wildman–Crippen MR) is 91.5 cm³/mol. The fraction of sp³-hybridized carbons (Fsp3) is 0.722. The number of hydrogen-bond donors (Lipinski definition) is 2. The number of rotatable bonds is 5. The molecule has 0 saturated carbocycles. The Balaban J connectivity index is 1.42. The summed E-state index contributed by atoms with van der Waals surface area (Å²) in [7, 11) is 0. The summed E-state index contributed by atoms with van der Waals surface area (Å²) < 4.78 is 0. The first kappa shape index (κ1) is 16.4. The molecule has 3 aliphatic heterocycles. The van der Waals surface area contributed by atoms with Crippen LogP contribution in [0.1, 0.15) is 18.4 Å². The zero-order chi connectivity index (χ0) is 16.6. The van der Waals surface area contributed by atoms with Gasteiger partial charge < -0.3 is 10.2 Å². The molecular weight excluding hydrogens is 304 g/mol. The van der Waals surface area contributed by atoms with Gasteiger partial charge in [0.25, 0.3) is 0 Å². The minimum atomic E-state index is -0.183. The van der Waals surface area contributed by atoms with E-state index in [2.05, 4.69) is 25.8 Å². The molecule has 6 heteroatoms. The van der Waals surface area contributed by atoms with E-state index in [4.69, 9.17) is 5.11 Å². The molecule has 0 radical (unpaired) electrons. The molecule has 1 spiro atoms. The summed E-state index contributed by atoms with van der Waals surface area (Å²) in [5.41, 5.74) is 1.44. The van der Waals surface area contributed by atoms with Crippen LogP contribution in [0.5, 0.6) is 0 Å². The molecule has 1 aromatic heterocycles. The number of piperazine rings is 1. The Morgan fingerprint density at radius 3 is 2.79 bits per heavy atom. The van der Waals surface area contributed by atoms with Crippen LogP contribution >= 0.6 is 0 Å². The number of aliphatic hydroxyl groups is 2. The summed E-state index contributed by atoms with van der Waals surface area (Å²) in [6.45, 7) is 7.18. The number of aliphatic hydroxyl groups excluding tert-OH is 2. The topological polar surface area (TPSA) is 63.1 Å². The second-order valence-corrected chi connectivity index (χ2v) is 7.74. The highest BCUT2D eigenvalue weighted by Gasteiger charge is 2.55. The average Bonchev–Trinajstić information content (AvgIpc) is 2.93. The van der Waals surface area contributed by atoms with Gasteiger partial charge in [-0.05, 0) is 24.5 Å². The van der Waals surface area contributed by atoms with Crippen LogP contribution < -0.4 is 0 Å². The Labute approximate surface area is 143 Å². The second-order valence-electron chi connectivity index (χ2n) is 7.74. The van der Waals surface area contributed by atoms with Crippen molar-refractivity contribution in [2.75, 3.05) is 45.9 Å². The maximum atomic E-state index is 10.2. The van der Waals surface area contributed by atoms with E-state index in [1.807, 2.05) is 18.5 Å². The molecule has 3 saturated heterocycles. The maximum absolute atomic E-state index is 10.2. The van der Waals surface area contributed by atoms with E-state index in [9.17, 15) is 5.11 Å². The van der Waals surface area contributed by atoms with Gasteiger partial charge in [0.1, 0.15) is 0 Å². The first-order valence-corrected chi connectivity index (χ1v) is 9.08. The van der Waals surface area contributed by atoms with Gasteiger partial charge >= 0.3 is 0 Å². The quantitative estimate of drug-likeness (QED) is 0.777. The molecule has 4 rings (SSSR count). The lowest BCUT2D eigenvalue weighted by molar-refractivity contribution is -0.116. The summed E-state index contributed by atoms with van der Waals surface area (Å²) in [6.07, 6.45) is 5.31. The minimum Gasteiger partial charge on any atom is -0.396 e. The van der Waals surface area contributed by atoms with Crippen molar-refractivity contribution in [1.82, 2.24) is 19.7 Å². The molecule has 1 aromatic rings. The van der Waals surface area contributed by atoms with Gasteiger partial charge in [-0.3, -0.25) is 19.7 Å². The molecule has 24 heavy (non-hydrogen) atoms. The van der Waals surface area contributed by atoms with Gasteiger partial charge in [0, 0.05) is 70.9 Å². The highest BCUT2D eigenvalue weighted by atomic mass is 16.3. The summed E-state index contributed by atoms with van der Waals surface area (Å²) in [5, 5.41) is 19.3. The van der Waals surface area contributed by atoms with Crippen LogP contribution in [0, 0.1) is 0 Å². The standard InChI is InChI=1S/C18H28N4O2/c23-6-2-5-20-10-16-7-17(24)11-22(16)18(12-20)13-21(14-18)9-15-3-1-4-19-8-15/h1,3-4,8,16-17,23-24H,2,5-7,9-14H2/t16-,17+/m0/s1. The Morgan fingerprint density at radius 1 is 1.21 bits per heavy atom. The third-order valence-corrected chi connectivity index (χ3v) is 5.79. The highest BCUT2D eigenvalue weighted by Crippen LogP contribution is 2.39. The van der Waals surface area contributed by atoms with Crippen molar-refractivity contribution < 1.29 is 10.2 Å². The molecule has 3 aliphatic rings. The maximum Gasteiger partial charge on any atom is 0.0682 e. The third kappa shape index (κ3) is 3.09. The van der Waals surface area contributed by atoms with Crippen molar-refractivity contribution in [2.24, 2.45) is 0 Å². The molecule has 132 valence electrons. The van der Waals surface area contributed by atoms with Crippen LogP contribution in [0.4, 0.5) is 0 Å². The first-order valence-electron chi connectivity index (χ1n) is 9.08. The normalized spacial score (nSPS) is 30.4. The lowest BCUT2D eigenvalue weighted by atomic mass is 9.83. The van der Waals surface area contributed by atoms with Crippen molar-refractivity contribution in [2.45, 2.75) is 37.1 Å². The smallest absolute Gasteiger partial charge is 0.0682 e. The fourth-order valence-corrected chi connectivity index (χ4v) is 4.91. The molecule has 0 aliphatic carbocycles. The summed E-state index contributed by atoms with van der Waals surface area (Å²) in [6, 6.07) is 4.59. The highest BCUT2D eigenvalue weighted by molar-refractivity contribution is 5.16. The molecule has 4 heterocycles. The number of fused-ring (bicyclic) bond motifs is 2. The lowest BCUT2D eigenvalue weighted by Crippen LogP contribution is -2.77. The van der Waals surface area contributed by atoms with Gasteiger partial charge in [-0.25, -0.2) is 0 Å². The Morgan fingerprint density at radius 2 is 2.04 bits per heavy atom. The van der Waals surface area contributed by atoms with Crippen LogP contribution in [0.15, 0.2) is 24.5 Å². The van der Waals surface area contributed by atoms with E-state index in [1.54, 1.807) is 0 Å². The molecule has 2 atom stereocenters. The van der Waals surface area contributed by atoms with E-state index in [-0.39, 0.29) is 18.2 Å². The predicted octanol–water partition coefficient (Wildman–Crippen LogP) is -0.231. The molecule has 2 N–H and O–H groups in total. The second kappa shape index (κ2) is 6.69. The van der Waals surface area contributed by atoms with E-state index >= 15 is 0 Å². The number of hydrogen-bond acceptors (Lipinski definition) is 6. The van der Waals surface area contributed by atoms with Gasteiger partial charge in [0.2, 0.25) is 0 Å². The fourth-order valence-electron chi connectivity index (χ4n) is 4.91. The number of pyridine rings is 1. The van der Waals surface area contributed by atoms with Crippen molar-refractivity contribution in [1.29, 1.82) is 0 Å². The SMILES string of the molecule is OCCCN1C[C@@H]2C[C@@H](O)CN2C2(C1)CN(Cc1cccnc1)C2. The lowest BCUT2D eigenvalue weighted by Gasteiger charge is -2.61.